The fraction of sp³-hybridized carbons (Fsp3) is 0.526. The largest absolute Gasteiger partial charge is 0.381 e. The molecule has 3 atom stereocenters. The Morgan fingerprint density at radius 3 is 2.48 bits per heavy atom. The molecule has 3 unspecified atom stereocenters. The zero-order chi connectivity index (χ0) is 23.2. The summed E-state index contributed by atoms with van der Waals surface area (Å²) in [7, 11) is 1.62. The Bertz CT molecular complexity index is 744. The normalized spacial score (nSPS) is 14.2. The molecule has 12 heteroatoms. The van der Waals surface area contributed by atoms with Gasteiger partial charge in [0, 0.05) is 13.1 Å². The Morgan fingerprint density at radius 2 is 1.87 bits per heavy atom. The van der Waals surface area contributed by atoms with E-state index in [4.69, 9.17) is 5.73 Å². The molecule has 1 rings (SSSR count). The second kappa shape index (κ2) is 13.9. The minimum atomic E-state index is -1.46. The number of likely N-dealkylation sites (N-methyl/N-ethyl adjacent to an activating group) is 1. The number of hydrogen-bond acceptors (Lipinski definition) is 6. The van der Waals surface area contributed by atoms with E-state index >= 15 is 0 Å². The van der Waals surface area contributed by atoms with Crippen molar-refractivity contribution < 1.29 is 19.7 Å². The number of aliphatic hydroxyl groups is 1. The molecular formula is C19H31N7O5. The van der Waals surface area contributed by atoms with Crippen LogP contribution in [-0.4, -0.2) is 66.2 Å². The number of carbonyl (C=O) groups is 2. The van der Waals surface area contributed by atoms with Crippen molar-refractivity contribution >= 4 is 17.8 Å². The Balaban J connectivity index is 2.62. The van der Waals surface area contributed by atoms with Gasteiger partial charge in [-0.1, -0.05) is 30.3 Å². The zero-order valence-electron chi connectivity index (χ0n) is 17.7. The topological polar surface area (TPSA) is 184 Å². The monoisotopic (exact) mass is 437 g/mol. The summed E-state index contributed by atoms with van der Waals surface area (Å²) in [5.74, 6) is -1.32. The number of nitro groups is 1. The maximum atomic E-state index is 12.4. The first kappa shape index (κ1) is 25.8. The summed E-state index contributed by atoms with van der Waals surface area (Å²) in [4.78, 5) is 34.9. The highest BCUT2D eigenvalue weighted by Crippen LogP contribution is 2.05. The molecule has 0 fully saturated rings. The maximum Gasteiger partial charge on any atom is 0.266 e. The molecule has 0 bridgehead atoms. The van der Waals surface area contributed by atoms with E-state index in [0.717, 1.165) is 5.56 Å². The van der Waals surface area contributed by atoms with E-state index < -0.39 is 29.1 Å². The average molecular weight is 438 g/mol. The molecule has 7 N–H and O–H groups in total. The van der Waals surface area contributed by atoms with E-state index in [1.54, 1.807) is 14.0 Å². The molecule has 0 heterocycles. The van der Waals surface area contributed by atoms with Crippen molar-refractivity contribution in [3.63, 3.8) is 0 Å². The number of nitrogens with zero attached hydrogens (tertiary/aromatic N) is 2. The van der Waals surface area contributed by atoms with Crippen LogP contribution >= 0.6 is 0 Å². The first-order valence-corrected chi connectivity index (χ1v) is 9.94. The van der Waals surface area contributed by atoms with Crippen LogP contribution in [0.5, 0.6) is 0 Å². The van der Waals surface area contributed by atoms with E-state index in [-0.39, 0.29) is 24.8 Å². The molecule has 0 aliphatic carbocycles. The van der Waals surface area contributed by atoms with Crippen LogP contribution in [0.1, 0.15) is 25.3 Å². The second-order valence-electron chi connectivity index (χ2n) is 6.89. The molecule has 0 aliphatic heterocycles. The van der Waals surface area contributed by atoms with Gasteiger partial charge in [-0.15, -0.1) is 0 Å². The predicted octanol–water partition coefficient (Wildman–Crippen LogP) is -1.32. The number of hydrazone groups is 1. The highest BCUT2D eigenvalue weighted by Gasteiger charge is 2.28. The van der Waals surface area contributed by atoms with Crippen LogP contribution < -0.4 is 27.0 Å². The van der Waals surface area contributed by atoms with E-state index in [0.29, 0.717) is 19.4 Å². The van der Waals surface area contributed by atoms with Crippen LogP contribution in [0.2, 0.25) is 0 Å². The Morgan fingerprint density at radius 1 is 1.19 bits per heavy atom. The highest BCUT2D eigenvalue weighted by atomic mass is 16.7. The van der Waals surface area contributed by atoms with Gasteiger partial charge in [0.1, 0.15) is 5.10 Å². The molecule has 172 valence electrons. The van der Waals surface area contributed by atoms with Crippen LogP contribution in [0.3, 0.4) is 0 Å². The summed E-state index contributed by atoms with van der Waals surface area (Å²) in [6.07, 6.45) is -0.268. The van der Waals surface area contributed by atoms with Gasteiger partial charge in [-0.3, -0.25) is 9.59 Å². The molecule has 0 aromatic heterocycles. The lowest BCUT2D eigenvalue weighted by Gasteiger charge is -2.25. The number of nitrogens with two attached hydrogens (primary N) is 1. The van der Waals surface area contributed by atoms with Crippen molar-refractivity contribution in [2.75, 3.05) is 20.1 Å². The summed E-state index contributed by atoms with van der Waals surface area (Å²) < 4.78 is 0. The van der Waals surface area contributed by atoms with E-state index in [1.165, 1.54) is 0 Å². The number of nitrogens with one attached hydrogen (secondary N) is 4. The smallest absolute Gasteiger partial charge is 0.266 e. The Kier molecular flexibility index (Phi) is 11.5. The summed E-state index contributed by atoms with van der Waals surface area (Å²) in [6, 6.07) is 8.20. The number of guanidine groups is 1. The molecule has 2 amide bonds. The molecule has 0 radical (unpaired) electrons. The number of benzene rings is 1. The first-order chi connectivity index (χ1) is 14.7. The molecular weight excluding hydrogens is 406 g/mol. The van der Waals surface area contributed by atoms with Crippen LogP contribution in [0.25, 0.3) is 0 Å². The number of hydrogen-bond donors (Lipinski definition) is 6. The van der Waals surface area contributed by atoms with Crippen LogP contribution in [0.15, 0.2) is 35.4 Å². The standard InChI is InChI=1S/C19H31N7O5/c1-13(21-2)17(28)24-15(9-6-11-23-19(20)25-26(30)31)16(27)18(29)22-12-10-14-7-4-3-5-8-14/h3-5,7-8,13,15-16,21,27H,6,9-12H2,1-2H3,(H,22,29)(H,24,28)(H3,20,23,25). The molecule has 0 saturated heterocycles. The molecule has 0 aliphatic rings. The third-order valence-corrected chi connectivity index (χ3v) is 4.55. The number of rotatable bonds is 13. The summed E-state index contributed by atoms with van der Waals surface area (Å²) in [5, 5.41) is 33.4. The lowest BCUT2D eigenvalue weighted by atomic mass is 10.0. The van der Waals surface area contributed by atoms with Crippen molar-refractivity contribution in [2.24, 2.45) is 10.8 Å². The molecule has 0 spiro atoms. The summed E-state index contributed by atoms with van der Waals surface area (Å²) in [5.41, 5.74) is 6.39. The maximum absolute atomic E-state index is 12.4. The van der Waals surface area contributed by atoms with E-state index in [1.807, 2.05) is 30.3 Å². The van der Waals surface area contributed by atoms with E-state index in [2.05, 4.69) is 26.4 Å². The number of amides is 2. The number of aliphatic hydroxyl groups excluding tert-OH is 1. The Hall–Kier alpha value is -3.25. The molecule has 1 aromatic rings. The zero-order valence-corrected chi connectivity index (χ0v) is 17.7. The number of carbonyl (C=O) groups excluding carboxylic acids is 2. The van der Waals surface area contributed by atoms with Gasteiger partial charge in [0.25, 0.3) is 11.9 Å². The van der Waals surface area contributed by atoms with Crippen LogP contribution in [0, 0.1) is 10.1 Å². The van der Waals surface area contributed by atoms with Gasteiger partial charge in [-0.05, 0) is 38.8 Å². The van der Waals surface area contributed by atoms with Crippen molar-refractivity contribution in [3.8, 4) is 0 Å². The van der Waals surface area contributed by atoms with Crippen LogP contribution in [0.4, 0.5) is 0 Å². The average Bonchev–Trinajstić information content (AvgIpc) is 2.74. The summed E-state index contributed by atoms with van der Waals surface area (Å²) in [6.45, 7) is 2.19. The highest BCUT2D eigenvalue weighted by molar-refractivity contribution is 5.85. The van der Waals surface area contributed by atoms with Gasteiger partial charge in [0.05, 0.1) is 12.1 Å². The lowest BCUT2D eigenvalue weighted by molar-refractivity contribution is -0.485. The van der Waals surface area contributed by atoms with E-state index in [9.17, 15) is 24.8 Å². The van der Waals surface area contributed by atoms with Gasteiger partial charge >= 0.3 is 0 Å². The quantitative estimate of drug-likeness (QED) is 0.0721. The minimum Gasteiger partial charge on any atom is -0.381 e. The van der Waals surface area contributed by atoms with Crippen molar-refractivity contribution in [1.82, 2.24) is 21.3 Å². The predicted molar refractivity (Wildman–Crippen MR) is 115 cm³/mol. The van der Waals surface area contributed by atoms with Gasteiger partial charge in [-0.25, -0.2) is 10.1 Å². The Labute approximate surface area is 180 Å². The van der Waals surface area contributed by atoms with Crippen LogP contribution in [-0.2, 0) is 16.0 Å². The van der Waals surface area contributed by atoms with Gasteiger partial charge < -0.3 is 32.1 Å². The first-order valence-electron chi connectivity index (χ1n) is 9.94. The molecule has 0 saturated carbocycles. The van der Waals surface area contributed by atoms with Gasteiger partial charge in [0.15, 0.2) is 11.1 Å². The molecule has 12 nitrogen and oxygen atoms in total. The van der Waals surface area contributed by atoms with Crippen molar-refractivity contribution in [3.05, 3.63) is 46.0 Å². The molecule has 1 aromatic carbocycles. The third-order valence-electron chi connectivity index (χ3n) is 4.55. The third kappa shape index (κ3) is 10.4. The summed E-state index contributed by atoms with van der Waals surface area (Å²) >= 11 is 0. The van der Waals surface area contributed by atoms with Crippen molar-refractivity contribution in [1.29, 1.82) is 0 Å². The fourth-order valence-corrected chi connectivity index (χ4v) is 2.67. The SMILES string of the molecule is CNC(C)C(=O)NC(CCCN/C(N)=N/[N+](=O)[O-])C(O)C(=O)NCCc1ccccc1. The second-order valence-corrected chi connectivity index (χ2v) is 6.89. The van der Waals surface area contributed by atoms with Crippen molar-refractivity contribution in [2.45, 2.75) is 44.4 Å². The van der Waals surface area contributed by atoms with Gasteiger partial charge in [0.2, 0.25) is 5.91 Å². The van der Waals surface area contributed by atoms with Gasteiger partial charge in [-0.2, -0.15) is 0 Å². The molecule has 31 heavy (non-hydrogen) atoms. The minimum absolute atomic E-state index is 0.208. The fourth-order valence-electron chi connectivity index (χ4n) is 2.67. The lowest BCUT2D eigenvalue weighted by Crippen LogP contribution is -2.54.